The lowest BCUT2D eigenvalue weighted by Gasteiger charge is -2.05. The van der Waals surface area contributed by atoms with Gasteiger partial charge in [-0.3, -0.25) is 0 Å². The van der Waals surface area contributed by atoms with Gasteiger partial charge in [0.1, 0.15) is 0 Å². The molecule has 1 unspecified atom stereocenters. The zero-order valence-corrected chi connectivity index (χ0v) is 9.82. The smallest absolute Gasteiger partial charge is 0.337 e. The maximum absolute atomic E-state index is 11.2. The summed E-state index contributed by atoms with van der Waals surface area (Å²) in [6, 6.07) is 3.60. The molecule has 0 bridgehead atoms. The molecule has 4 heteroatoms. The first-order valence-corrected chi connectivity index (χ1v) is 5.59. The third kappa shape index (κ3) is 1.91. The number of fused-ring (bicyclic) bond motifs is 1. The molecule has 0 aliphatic carbocycles. The average molecular weight is 233 g/mol. The second kappa shape index (κ2) is 4.22. The Balaban J connectivity index is 2.78. The molecule has 90 valence electrons. The number of aromatic amines is 1. The van der Waals surface area contributed by atoms with E-state index in [-0.39, 0.29) is 5.56 Å². The molecular formula is C13H15NO3. The minimum atomic E-state index is -0.954. The molecule has 17 heavy (non-hydrogen) atoms. The van der Waals surface area contributed by atoms with Crippen molar-refractivity contribution < 1.29 is 15.0 Å². The van der Waals surface area contributed by atoms with E-state index in [0.717, 1.165) is 22.9 Å². The highest BCUT2D eigenvalue weighted by Crippen LogP contribution is 2.28. The fraction of sp³-hybridized carbons (Fsp3) is 0.308. The number of aromatic carboxylic acids is 1. The number of benzene rings is 1. The SMILES string of the molecule is CCc1cc(C(=O)O)c2[nH]cc(C(C)O)c2c1. The van der Waals surface area contributed by atoms with Gasteiger partial charge < -0.3 is 15.2 Å². The topological polar surface area (TPSA) is 73.3 Å². The third-order valence-electron chi connectivity index (χ3n) is 2.97. The summed E-state index contributed by atoms with van der Waals surface area (Å²) in [6.07, 6.45) is 1.82. The number of aliphatic hydroxyl groups is 1. The summed E-state index contributed by atoms with van der Waals surface area (Å²) in [5.74, 6) is -0.954. The summed E-state index contributed by atoms with van der Waals surface area (Å²) in [7, 11) is 0. The van der Waals surface area contributed by atoms with Gasteiger partial charge in [-0.25, -0.2) is 4.79 Å². The van der Waals surface area contributed by atoms with Crippen molar-refractivity contribution >= 4 is 16.9 Å². The van der Waals surface area contributed by atoms with Gasteiger partial charge in [-0.2, -0.15) is 0 Å². The van der Waals surface area contributed by atoms with Crippen LogP contribution in [0.4, 0.5) is 0 Å². The van der Waals surface area contributed by atoms with Crippen LogP contribution in [0.25, 0.3) is 10.9 Å². The molecule has 1 aromatic carbocycles. The number of carboxylic acids is 1. The third-order valence-corrected chi connectivity index (χ3v) is 2.97. The minimum Gasteiger partial charge on any atom is -0.478 e. The highest BCUT2D eigenvalue weighted by molar-refractivity contribution is 6.03. The van der Waals surface area contributed by atoms with Crippen LogP contribution >= 0.6 is 0 Å². The lowest BCUT2D eigenvalue weighted by atomic mass is 10.0. The van der Waals surface area contributed by atoms with Gasteiger partial charge in [0, 0.05) is 17.1 Å². The number of hydrogen-bond acceptors (Lipinski definition) is 2. The fourth-order valence-electron chi connectivity index (χ4n) is 2.03. The molecule has 0 aliphatic rings. The minimum absolute atomic E-state index is 0.256. The van der Waals surface area contributed by atoms with Crippen LogP contribution in [0.1, 0.15) is 41.4 Å². The first-order chi connectivity index (χ1) is 8.04. The highest BCUT2D eigenvalue weighted by Gasteiger charge is 2.16. The fourth-order valence-corrected chi connectivity index (χ4v) is 2.03. The molecule has 1 atom stereocenters. The zero-order chi connectivity index (χ0) is 12.6. The van der Waals surface area contributed by atoms with Crippen molar-refractivity contribution in [1.82, 2.24) is 4.98 Å². The maximum Gasteiger partial charge on any atom is 0.337 e. The van der Waals surface area contributed by atoms with Crippen molar-refractivity contribution in [2.24, 2.45) is 0 Å². The van der Waals surface area contributed by atoms with E-state index >= 15 is 0 Å². The molecule has 4 nitrogen and oxygen atoms in total. The number of carbonyl (C=O) groups is 1. The van der Waals surface area contributed by atoms with Gasteiger partial charge in [0.15, 0.2) is 0 Å². The number of nitrogens with one attached hydrogen (secondary N) is 1. The van der Waals surface area contributed by atoms with E-state index in [1.54, 1.807) is 19.2 Å². The molecular weight excluding hydrogens is 218 g/mol. The number of aliphatic hydroxyl groups excluding tert-OH is 1. The second-order valence-electron chi connectivity index (χ2n) is 4.14. The molecule has 1 heterocycles. The van der Waals surface area contributed by atoms with Gasteiger partial charge >= 0.3 is 5.97 Å². The van der Waals surface area contributed by atoms with Crippen LogP contribution in [-0.2, 0) is 6.42 Å². The van der Waals surface area contributed by atoms with Crippen LogP contribution in [0.15, 0.2) is 18.3 Å². The Labute approximate surface area is 98.9 Å². The standard InChI is InChI=1S/C13H15NO3/c1-3-8-4-9-11(7(2)15)6-14-12(9)10(5-8)13(16)17/h4-7,14-15H,3H2,1-2H3,(H,16,17). The van der Waals surface area contributed by atoms with Crippen LogP contribution in [0, 0.1) is 0 Å². The number of rotatable bonds is 3. The Morgan fingerprint density at radius 2 is 2.18 bits per heavy atom. The van der Waals surface area contributed by atoms with Crippen LogP contribution in [0.5, 0.6) is 0 Å². The molecule has 0 aliphatic heterocycles. The number of H-pyrrole nitrogens is 1. The van der Waals surface area contributed by atoms with Crippen LogP contribution in [0.2, 0.25) is 0 Å². The molecule has 0 amide bonds. The summed E-state index contributed by atoms with van der Waals surface area (Å²) < 4.78 is 0. The summed E-state index contributed by atoms with van der Waals surface area (Å²) in [6.45, 7) is 3.64. The first kappa shape index (κ1) is 11.7. The average Bonchev–Trinajstić information content (AvgIpc) is 2.70. The maximum atomic E-state index is 11.2. The summed E-state index contributed by atoms with van der Waals surface area (Å²) >= 11 is 0. The van der Waals surface area contributed by atoms with Crippen molar-refractivity contribution in [2.45, 2.75) is 26.4 Å². The second-order valence-corrected chi connectivity index (χ2v) is 4.14. The van der Waals surface area contributed by atoms with E-state index < -0.39 is 12.1 Å². The van der Waals surface area contributed by atoms with Gasteiger partial charge in [-0.1, -0.05) is 6.92 Å². The van der Waals surface area contributed by atoms with Crippen molar-refractivity contribution in [3.63, 3.8) is 0 Å². The predicted molar refractivity (Wildman–Crippen MR) is 65.3 cm³/mol. The van der Waals surface area contributed by atoms with Crippen molar-refractivity contribution in [3.05, 3.63) is 35.0 Å². The Bertz CT molecular complexity index is 569. The normalized spacial score (nSPS) is 12.9. The van der Waals surface area contributed by atoms with Gasteiger partial charge in [0.05, 0.1) is 17.2 Å². The molecule has 2 aromatic rings. The zero-order valence-electron chi connectivity index (χ0n) is 9.82. The van der Waals surface area contributed by atoms with Gasteiger partial charge in [0.2, 0.25) is 0 Å². The summed E-state index contributed by atoms with van der Waals surface area (Å²) in [5.41, 5.74) is 2.52. The van der Waals surface area contributed by atoms with Gasteiger partial charge in [-0.15, -0.1) is 0 Å². The van der Waals surface area contributed by atoms with Crippen LogP contribution in [-0.4, -0.2) is 21.2 Å². The molecule has 2 rings (SSSR count). The van der Waals surface area contributed by atoms with Crippen LogP contribution in [0.3, 0.4) is 0 Å². The highest BCUT2D eigenvalue weighted by atomic mass is 16.4. The van der Waals surface area contributed by atoms with Crippen molar-refractivity contribution in [2.75, 3.05) is 0 Å². The molecule has 0 radical (unpaired) electrons. The summed E-state index contributed by atoms with van der Waals surface area (Å²) in [5, 5.41) is 19.6. The van der Waals surface area contributed by atoms with Crippen LogP contribution < -0.4 is 0 Å². The van der Waals surface area contributed by atoms with E-state index in [0.29, 0.717) is 5.52 Å². The van der Waals surface area contributed by atoms with Gasteiger partial charge in [0.25, 0.3) is 0 Å². The molecule has 1 aromatic heterocycles. The number of aryl methyl sites for hydroxylation is 1. The molecule has 3 N–H and O–H groups in total. The lowest BCUT2D eigenvalue weighted by molar-refractivity contribution is 0.0698. The Morgan fingerprint density at radius 3 is 2.71 bits per heavy atom. The van der Waals surface area contributed by atoms with E-state index in [4.69, 9.17) is 5.11 Å². The molecule has 0 spiro atoms. The monoisotopic (exact) mass is 233 g/mol. The number of aromatic nitrogens is 1. The predicted octanol–water partition coefficient (Wildman–Crippen LogP) is 2.48. The Kier molecular flexibility index (Phi) is 2.90. The van der Waals surface area contributed by atoms with E-state index in [1.165, 1.54) is 0 Å². The van der Waals surface area contributed by atoms with Crippen molar-refractivity contribution in [3.8, 4) is 0 Å². The van der Waals surface area contributed by atoms with E-state index in [9.17, 15) is 9.90 Å². The largest absolute Gasteiger partial charge is 0.478 e. The summed E-state index contributed by atoms with van der Waals surface area (Å²) in [4.78, 5) is 14.1. The van der Waals surface area contributed by atoms with E-state index in [2.05, 4.69) is 4.98 Å². The van der Waals surface area contributed by atoms with Crippen molar-refractivity contribution in [1.29, 1.82) is 0 Å². The molecule has 0 fully saturated rings. The molecule has 0 saturated carbocycles. The quantitative estimate of drug-likeness (QED) is 0.762. The number of carboxylic acid groups (broad SMARTS) is 1. The first-order valence-electron chi connectivity index (χ1n) is 5.59. The Hall–Kier alpha value is -1.81. The number of hydrogen-bond donors (Lipinski definition) is 3. The lowest BCUT2D eigenvalue weighted by Crippen LogP contribution is -1.99. The van der Waals surface area contributed by atoms with Gasteiger partial charge in [-0.05, 0) is 31.0 Å². The Morgan fingerprint density at radius 1 is 1.47 bits per heavy atom. The molecule has 0 saturated heterocycles. The van der Waals surface area contributed by atoms with E-state index in [1.807, 2.05) is 13.0 Å².